The van der Waals surface area contributed by atoms with Crippen LogP contribution in [-0.2, 0) is 0 Å². The van der Waals surface area contributed by atoms with Crippen LogP contribution < -0.4 is 0 Å². The molecule has 0 radical (unpaired) electrons. The molecule has 2 unspecified atom stereocenters. The van der Waals surface area contributed by atoms with Gasteiger partial charge >= 0.3 is 0 Å². The van der Waals surface area contributed by atoms with E-state index < -0.39 is 0 Å². The lowest BCUT2D eigenvalue weighted by atomic mass is 9.84. The van der Waals surface area contributed by atoms with E-state index >= 15 is 0 Å². The van der Waals surface area contributed by atoms with Crippen LogP contribution >= 0.6 is 0 Å². The molecule has 0 saturated heterocycles. The lowest BCUT2D eigenvalue weighted by Crippen LogP contribution is -2.21. The van der Waals surface area contributed by atoms with Gasteiger partial charge < -0.3 is 0 Å². The van der Waals surface area contributed by atoms with E-state index in [0.717, 1.165) is 0 Å². The van der Waals surface area contributed by atoms with Crippen LogP contribution in [-0.4, -0.2) is 11.6 Å². The summed E-state index contributed by atoms with van der Waals surface area (Å²) >= 11 is 0. The Hall–Kier alpha value is -2.22. The lowest BCUT2D eigenvalue weighted by Gasteiger charge is -2.18. The Morgan fingerprint density at radius 2 is 1.29 bits per heavy atom. The third-order valence-corrected chi connectivity index (χ3v) is 3.93. The normalized spacial score (nSPS) is 13.4. The molecule has 0 aromatic heterocycles. The zero-order valence-electron chi connectivity index (χ0n) is 12.5. The molecule has 2 aromatic carbocycles. The van der Waals surface area contributed by atoms with Gasteiger partial charge in [-0.3, -0.25) is 9.59 Å². The van der Waals surface area contributed by atoms with Crippen LogP contribution in [0.25, 0.3) is 0 Å². The van der Waals surface area contributed by atoms with Gasteiger partial charge in [-0.2, -0.15) is 0 Å². The first-order valence-corrected chi connectivity index (χ1v) is 7.27. The zero-order valence-corrected chi connectivity index (χ0v) is 12.5. The Balaban J connectivity index is 2.01. The van der Waals surface area contributed by atoms with E-state index in [2.05, 4.69) is 0 Å². The highest BCUT2D eigenvalue weighted by Crippen LogP contribution is 2.22. The second-order valence-electron chi connectivity index (χ2n) is 5.49. The molecule has 0 saturated carbocycles. The van der Waals surface area contributed by atoms with Crippen LogP contribution in [0.5, 0.6) is 0 Å². The third-order valence-electron chi connectivity index (χ3n) is 3.93. The Kier molecular flexibility index (Phi) is 5.04. The number of Topliss-reactive ketones (excluding diaryl/α,β-unsaturated/α-hetero) is 2. The summed E-state index contributed by atoms with van der Waals surface area (Å²) < 4.78 is 0. The fourth-order valence-electron chi connectivity index (χ4n) is 2.33. The van der Waals surface area contributed by atoms with E-state index in [0.29, 0.717) is 17.5 Å². The van der Waals surface area contributed by atoms with Gasteiger partial charge in [0.15, 0.2) is 11.6 Å². The molecule has 2 rings (SSSR count). The number of rotatable bonds is 6. The molecule has 0 aliphatic heterocycles. The first-order valence-electron chi connectivity index (χ1n) is 7.27. The molecule has 0 aliphatic rings. The summed E-state index contributed by atoms with van der Waals surface area (Å²) in [5, 5.41) is 0. The van der Waals surface area contributed by atoms with Gasteiger partial charge in [-0.25, -0.2) is 0 Å². The van der Waals surface area contributed by atoms with Crippen molar-refractivity contribution in [1.29, 1.82) is 0 Å². The van der Waals surface area contributed by atoms with Crippen molar-refractivity contribution >= 4 is 11.6 Å². The molecule has 0 bridgehead atoms. The number of benzene rings is 2. The predicted octanol–water partition coefficient (Wildman–Crippen LogP) is 4.41. The van der Waals surface area contributed by atoms with Crippen molar-refractivity contribution in [1.82, 2.24) is 0 Å². The van der Waals surface area contributed by atoms with Crippen molar-refractivity contribution in [2.45, 2.75) is 20.3 Å². The minimum Gasteiger partial charge on any atom is -0.294 e. The minimum atomic E-state index is -0.167. The smallest absolute Gasteiger partial charge is 0.165 e. The van der Waals surface area contributed by atoms with Crippen molar-refractivity contribution in [2.24, 2.45) is 11.8 Å². The van der Waals surface area contributed by atoms with Crippen molar-refractivity contribution < 1.29 is 9.59 Å². The van der Waals surface area contributed by atoms with Gasteiger partial charge in [0.2, 0.25) is 0 Å². The molecule has 0 aliphatic carbocycles. The minimum absolute atomic E-state index is 0.0189. The van der Waals surface area contributed by atoms with Crippen LogP contribution in [0.3, 0.4) is 0 Å². The Morgan fingerprint density at radius 1 is 0.810 bits per heavy atom. The maximum absolute atomic E-state index is 12.4. The zero-order chi connectivity index (χ0) is 15.2. The van der Waals surface area contributed by atoms with Gasteiger partial charge in [0.05, 0.1) is 0 Å². The molecule has 2 nitrogen and oxygen atoms in total. The average Bonchev–Trinajstić information content (AvgIpc) is 2.55. The van der Waals surface area contributed by atoms with E-state index in [1.807, 2.05) is 74.5 Å². The van der Waals surface area contributed by atoms with Crippen LogP contribution in [0.1, 0.15) is 41.0 Å². The van der Waals surface area contributed by atoms with Crippen LogP contribution in [0, 0.1) is 11.8 Å². The SMILES string of the molecule is CC(CC(=O)c1ccccc1)C(C)C(=O)c1ccccc1. The van der Waals surface area contributed by atoms with E-state index in [1.165, 1.54) is 0 Å². The van der Waals surface area contributed by atoms with E-state index in [1.54, 1.807) is 0 Å². The number of carbonyl (C=O) groups excluding carboxylic acids is 2. The van der Waals surface area contributed by atoms with Crippen molar-refractivity contribution in [3.63, 3.8) is 0 Å². The molecule has 2 heteroatoms. The molecule has 0 heterocycles. The first kappa shape index (κ1) is 15.2. The largest absolute Gasteiger partial charge is 0.294 e. The number of hydrogen-bond donors (Lipinski definition) is 0. The molecule has 0 amide bonds. The van der Waals surface area contributed by atoms with Gasteiger partial charge in [-0.1, -0.05) is 74.5 Å². The fourth-order valence-corrected chi connectivity index (χ4v) is 2.33. The van der Waals surface area contributed by atoms with E-state index in [4.69, 9.17) is 0 Å². The highest BCUT2D eigenvalue weighted by Gasteiger charge is 2.23. The summed E-state index contributed by atoms with van der Waals surface area (Å²) in [4.78, 5) is 24.6. The maximum Gasteiger partial charge on any atom is 0.165 e. The van der Waals surface area contributed by atoms with E-state index in [-0.39, 0.29) is 23.4 Å². The molecule has 2 atom stereocenters. The Bertz CT molecular complexity index is 602. The predicted molar refractivity (Wildman–Crippen MR) is 84.5 cm³/mol. The molecule has 0 spiro atoms. The van der Waals surface area contributed by atoms with Gasteiger partial charge in [0.25, 0.3) is 0 Å². The fraction of sp³-hybridized carbons (Fsp3) is 0.263. The van der Waals surface area contributed by atoms with Crippen LogP contribution in [0.2, 0.25) is 0 Å². The molecule has 21 heavy (non-hydrogen) atoms. The second kappa shape index (κ2) is 6.98. The molecule has 108 valence electrons. The average molecular weight is 280 g/mol. The van der Waals surface area contributed by atoms with Crippen LogP contribution in [0.15, 0.2) is 60.7 Å². The summed E-state index contributed by atoms with van der Waals surface area (Å²) in [7, 11) is 0. The number of hydrogen-bond acceptors (Lipinski definition) is 2. The van der Waals surface area contributed by atoms with Crippen molar-refractivity contribution in [3.8, 4) is 0 Å². The Labute approximate surface area is 125 Å². The molecule has 0 N–H and O–H groups in total. The highest BCUT2D eigenvalue weighted by atomic mass is 16.1. The Morgan fingerprint density at radius 3 is 1.81 bits per heavy atom. The molecule has 2 aromatic rings. The highest BCUT2D eigenvalue weighted by molar-refractivity contribution is 5.99. The maximum atomic E-state index is 12.4. The summed E-state index contributed by atoms with van der Waals surface area (Å²) in [5.74, 6) is 0.0465. The van der Waals surface area contributed by atoms with Gasteiger partial charge in [0, 0.05) is 23.5 Å². The van der Waals surface area contributed by atoms with Gasteiger partial charge in [-0.05, 0) is 5.92 Å². The second-order valence-corrected chi connectivity index (χ2v) is 5.49. The first-order chi connectivity index (χ1) is 10.1. The third kappa shape index (κ3) is 3.88. The van der Waals surface area contributed by atoms with Crippen molar-refractivity contribution in [2.75, 3.05) is 0 Å². The van der Waals surface area contributed by atoms with Crippen LogP contribution in [0.4, 0.5) is 0 Å². The summed E-state index contributed by atoms with van der Waals surface area (Å²) in [5.41, 5.74) is 1.42. The summed E-state index contributed by atoms with van der Waals surface area (Å²) in [6.07, 6.45) is 0.393. The van der Waals surface area contributed by atoms with E-state index in [9.17, 15) is 9.59 Å². The quantitative estimate of drug-likeness (QED) is 0.734. The summed E-state index contributed by atoms with van der Waals surface area (Å²) in [6, 6.07) is 18.5. The van der Waals surface area contributed by atoms with Crippen molar-refractivity contribution in [3.05, 3.63) is 71.8 Å². The van der Waals surface area contributed by atoms with Gasteiger partial charge in [-0.15, -0.1) is 0 Å². The number of ketones is 2. The monoisotopic (exact) mass is 280 g/mol. The molecule has 0 fully saturated rings. The van der Waals surface area contributed by atoms with Gasteiger partial charge in [0.1, 0.15) is 0 Å². The number of carbonyl (C=O) groups is 2. The molecular weight excluding hydrogens is 260 g/mol. The summed E-state index contributed by atoms with van der Waals surface area (Å²) in [6.45, 7) is 3.87. The standard InChI is InChI=1S/C19H20O2/c1-14(13-18(20)16-9-5-3-6-10-16)15(2)19(21)17-11-7-4-8-12-17/h3-12,14-15H,13H2,1-2H3. The molecular formula is C19H20O2. The topological polar surface area (TPSA) is 34.1 Å². The lowest BCUT2D eigenvalue weighted by molar-refractivity contribution is 0.0862.